The van der Waals surface area contributed by atoms with Gasteiger partial charge in [-0.05, 0) is 42.2 Å². The van der Waals surface area contributed by atoms with Crippen molar-refractivity contribution in [3.8, 4) is 0 Å². The summed E-state index contributed by atoms with van der Waals surface area (Å²) >= 11 is 1.60. The van der Waals surface area contributed by atoms with Crippen LogP contribution >= 0.6 is 11.8 Å². The third-order valence-electron chi connectivity index (χ3n) is 9.29. The van der Waals surface area contributed by atoms with E-state index in [2.05, 4.69) is 27.9 Å². The Balaban J connectivity index is 1.27. The third kappa shape index (κ3) is 4.32. The van der Waals surface area contributed by atoms with Crippen LogP contribution in [-0.4, -0.2) is 65.4 Å². The molecule has 3 saturated heterocycles. The Morgan fingerprint density at radius 3 is 2.47 bits per heavy atom. The first-order valence-electron chi connectivity index (χ1n) is 14.5. The van der Waals surface area contributed by atoms with Gasteiger partial charge in [0.1, 0.15) is 18.2 Å². The van der Waals surface area contributed by atoms with Crippen LogP contribution in [0.2, 0.25) is 0 Å². The summed E-state index contributed by atoms with van der Waals surface area (Å²) < 4.78 is 0.778. The molecule has 3 aliphatic heterocycles. The molecule has 7 rings (SSSR count). The number of thioether (sulfide) groups is 1. The molecule has 1 aromatic heterocycles. The number of hydrogen-bond acceptors (Lipinski definition) is 7. The largest absolute Gasteiger partial charge is 0.394 e. The summed E-state index contributed by atoms with van der Waals surface area (Å²) in [6, 6.07) is 24.3. The molecule has 220 valence electrons. The Morgan fingerprint density at radius 1 is 1.02 bits per heavy atom. The van der Waals surface area contributed by atoms with Gasteiger partial charge >= 0.3 is 0 Å². The van der Waals surface area contributed by atoms with E-state index in [4.69, 9.17) is 0 Å². The lowest BCUT2D eigenvalue weighted by molar-refractivity contribution is -0.142. The van der Waals surface area contributed by atoms with E-state index in [1.165, 1.54) is 0 Å². The van der Waals surface area contributed by atoms with E-state index in [1.807, 2.05) is 84.9 Å². The molecule has 3 unspecified atom stereocenters. The van der Waals surface area contributed by atoms with Crippen LogP contribution in [0.3, 0.4) is 0 Å². The topological polar surface area (TPSA) is 129 Å². The summed E-state index contributed by atoms with van der Waals surface area (Å²) in [6.07, 6.45) is 0.710. The minimum Gasteiger partial charge on any atom is -0.394 e. The Kier molecular flexibility index (Phi) is 6.94. The molecule has 3 N–H and O–H groups in total. The number of carbonyl (C=O) groups is 3. The molecule has 3 fully saturated rings. The van der Waals surface area contributed by atoms with E-state index in [0.717, 1.165) is 11.1 Å². The second-order valence-electron chi connectivity index (χ2n) is 11.5. The number of anilines is 1. The van der Waals surface area contributed by atoms with Gasteiger partial charge in [0.25, 0.3) is 0 Å². The highest BCUT2D eigenvalue weighted by molar-refractivity contribution is 8.02. The summed E-state index contributed by atoms with van der Waals surface area (Å²) in [4.78, 5) is 44.3. The van der Waals surface area contributed by atoms with Crippen LogP contribution in [0.25, 0.3) is 11.0 Å². The predicted octanol–water partition coefficient (Wildman–Crippen LogP) is 3.21. The number of aliphatic hydroxyl groups is 1. The number of carbonyl (C=O) groups excluding carboxylic acids is 3. The van der Waals surface area contributed by atoms with Gasteiger partial charge in [0.05, 0.1) is 34.7 Å². The molecule has 3 aliphatic rings. The van der Waals surface area contributed by atoms with Gasteiger partial charge in [0.15, 0.2) is 0 Å². The second-order valence-corrected chi connectivity index (χ2v) is 13.1. The number of para-hydroxylation sites is 2. The molecule has 2 bridgehead atoms. The van der Waals surface area contributed by atoms with Crippen LogP contribution < -0.4 is 10.6 Å². The summed E-state index contributed by atoms with van der Waals surface area (Å²) in [5.41, 5.74) is 2.88. The van der Waals surface area contributed by atoms with E-state index in [-0.39, 0.29) is 42.2 Å². The van der Waals surface area contributed by atoms with Crippen molar-refractivity contribution >= 4 is 46.2 Å². The van der Waals surface area contributed by atoms with Crippen LogP contribution in [0.4, 0.5) is 5.69 Å². The van der Waals surface area contributed by atoms with Crippen LogP contribution in [-0.2, 0) is 21.1 Å². The predicted molar refractivity (Wildman–Crippen MR) is 163 cm³/mol. The standard InChI is InChI=1S/C32H32N6O4S/c1-19-16-25-26(29(40)34-21-12-6-3-7-13-21)27-31(42)38(24(17-39)20-10-4-2-5-11-20)28(32(19,27)43-25)30(41)33-18-37-23-15-9-8-14-22(23)35-36-37/h2-15,19,24-28,39H,16-18H2,1H3,(H,33,41)(H,34,40)/t19?,24-,25+,26-,27+,28?,32?/m1/s1. The van der Waals surface area contributed by atoms with Crippen LogP contribution in [0.1, 0.15) is 24.9 Å². The first-order valence-corrected chi connectivity index (χ1v) is 15.4. The van der Waals surface area contributed by atoms with Gasteiger partial charge in [0.2, 0.25) is 17.7 Å². The van der Waals surface area contributed by atoms with Crippen molar-refractivity contribution in [1.29, 1.82) is 0 Å². The molecule has 10 nitrogen and oxygen atoms in total. The fourth-order valence-electron chi connectivity index (χ4n) is 7.45. The average molecular weight is 597 g/mol. The second kappa shape index (κ2) is 10.8. The minimum absolute atomic E-state index is 0.0136. The first kappa shape index (κ1) is 27.6. The molecule has 4 aromatic rings. The van der Waals surface area contributed by atoms with Crippen molar-refractivity contribution in [3.63, 3.8) is 0 Å². The molecule has 3 amide bonds. The first-order chi connectivity index (χ1) is 20.9. The summed E-state index contributed by atoms with van der Waals surface area (Å²) in [5.74, 6) is -2.16. The van der Waals surface area contributed by atoms with Crippen molar-refractivity contribution < 1.29 is 19.5 Å². The zero-order valence-corrected chi connectivity index (χ0v) is 24.4. The number of amides is 3. The highest BCUT2D eigenvalue weighted by Gasteiger charge is 2.76. The minimum atomic E-state index is -0.906. The molecule has 11 heteroatoms. The molecule has 3 aromatic carbocycles. The monoisotopic (exact) mass is 596 g/mol. The summed E-state index contributed by atoms with van der Waals surface area (Å²) in [6.45, 7) is 1.78. The number of rotatable bonds is 8. The fraction of sp³-hybridized carbons (Fsp3) is 0.344. The van der Waals surface area contributed by atoms with Gasteiger partial charge in [-0.2, -0.15) is 0 Å². The number of aliphatic hydroxyl groups excluding tert-OH is 1. The highest BCUT2D eigenvalue weighted by Crippen LogP contribution is 2.69. The van der Waals surface area contributed by atoms with Gasteiger partial charge in [-0.15, -0.1) is 16.9 Å². The van der Waals surface area contributed by atoms with Gasteiger partial charge < -0.3 is 20.6 Å². The Labute approximate surface area is 252 Å². The van der Waals surface area contributed by atoms with Crippen LogP contribution in [0, 0.1) is 17.8 Å². The molecule has 0 radical (unpaired) electrons. The molecule has 1 spiro atoms. The van der Waals surface area contributed by atoms with E-state index in [0.29, 0.717) is 17.6 Å². The third-order valence-corrected chi connectivity index (χ3v) is 11.4. The average Bonchev–Trinajstić information content (AvgIpc) is 3.75. The van der Waals surface area contributed by atoms with Crippen molar-refractivity contribution in [3.05, 3.63) is 90.5 Å². The Hall–Kier alpha value is -4.22. The van der Waals surface area contributed by atoms with Crippen molar-refractivity contribution in [2.75, 3.05) is 11.9 Å². The number of nitrogens with zero attached hydrogens (tertiary/aromatic N) is 4. The molecule has 4 heterocycles. The van der Waals surface area contributed by atoms with Gasteiger partial charge in [-0.25, -0.2) is 4.68 Å². The quantitative estimate of drug-likeness (QED) is 0.285. The van der Waals surface area contributed by atoms with Crippen LogP contribution in [0.5, 0.6) is 0 Å². The Bertz CT molecular complexity index is 1680. The summed E-state index contributed by atoms with van der Waals surface area (Å²) in [7, 11) is 0. The van der Waals surface area contributed by atoms with Crippen molar-refractivity contribution in [2.24, 2.45) is 17.8 Å². The van der Waals surface area contributed by atoms with E-state index < -0.39 is 28.7 Å². The molecular weight excluding hydrogens is 564 g/mol. The number of fused-ring (bicyclic) bond motifs is 2. The number of benzene rings is 3. The smallest absolute Gasteiger partial charge is 0.245 e. The van der Waals surface area contributed by atoms with E-state index in [9.17, 15) is 19.5 Å². The molecule has 43 heavy (non-hydrogen) atoms. The lowest BCUT2D eigenvalue weighted by Crippen LogP contribution is -2.57. The number of likely N-dealkylation sites (tertiary alicyclic amines) is 1. The van der Waals surface area contributed by atoms with Crippen molar-refractivity contribution in [2.45, 2.75) is 42.1 Å². The SMILES string of the molecule is CC1C[C@@H]2SC13C(C(=O)NCn1nnc4ccccc41)N([C@H](CO)c1ccccc1)C(=O)[C@@H]3[C@@H]2C(=O)Nc1ccccc1. The number of aromatic nitrogens is 3. The summed E-state index contributed by atoms with van der Waals surface area (Å²) in [5, 5.41) is 25.0. The van der Waals surface area contributed by atoms with E-state index >= 15 is 0 Å². The van der Waals surface area contributed by atoms with Crippen molar-refractivity contribution in [1.82, 2.24) is 25.2 Å². The normalized spacial score (nSPS) is 28.2. The fourth-order valence-corrected chi connectivity index (χ4v) is 9.86. The van der Waals surface area contributed by atoms with Gasteiger partial charge in [0, 0.05) is 10.9 Å². The van der Waals surface area contributed by atoms with Gasteiger partial charge in [-0.3, -0.25) is 14.4 Å². The van der Waals surface area contributed by atoms with E-state index in [1.54, 1.807) is 21.3 Å². The maximum absolute atomic E-state index is 14.6. The molecule has 0 aliphatic carbocycles. The molecular formula is C32H32N6O4S. The lowest BCUT2D eigenvalue weighted by atomic mass is 9.66. The lowest BCUT2D eigenvalue weighted by Gasteiger charge is -2.40. The van der Waals surface area contributed by atoms with Crippen LogP contribution in [0.15, 0.2) is 84.9 Å². The number of hydrogen-bond donors (Lipinski definition) is 3. The number of nitrogens with one attached hydrogen (secondary N) is 2. The Morgan fingerprint density at radius 2 is 1.72 bits per heavy atom. The molecule has 0 saturated carbocycles. The zero-order chi connectivity index (χ0) is 29.7. The maximum atomic E-state index is 14.6. The highest BCUT2D eigenvalue weighted by atomic mass is 32.2. The molecule has 7 atom stereocenters. The maximum Gasteiger partial charge on any atom is 0.245 e. The zero-order valence-electron chi connectivity index (χ0n) is 23.5. The van der Waals surface area contributed by atoms with Gasteiger partial charge in [-0.1, -0.05) is 72.8 Å².